The van der Waals surface area contributed by atoms with Crippen LogP contribution in [0.5, 0.6) is 5.75 Å². The predicted octanol–water partition coefficient (Wildman–Crippen LogP) is 6.11. The third-order valence-electron chi connectivity index (χ3n) is 5.36. The van der Waals surface area contributed by atoms with Gasteiger partial charge in [-0.05, 0) is 99.3 Å². The molecule has 2 heterocycles. The number of hydrogen-bond donors (Lipinski definition) is 0. The molecule has 0 bridgehead atoms. The molecular formula is C26H16ClI2N3O5. The Kier molecular flexibility index (Phi) is 7.49. The van der Waals surface area contributed by atoms with Crippen molar-refractivity contribution in [3.8, 4) is 17.3 Å². The molecule has 2 aromatic heterocycles. The van der Waals surface area contributed by atoms with E-state index < -0.39 is 5.97 Å². The summed E-state index contributed by atoms with van der Waals surface area (Å²) in [6.45, 7) is -0.194. The van der Waals surface area contributed by atoms with Crippen LogP contribution in [0, 0.1) is 7.14 Å². The highest BCUT2D eigenvalue weighted by atomic mass is 127. The Labute approximate surface area is 242 Å². The summed E-state index contributed by atoms with van der Waals surface area (Å²) in [5.41, 5.74) is 1.53. The molecule has 0 spiro atoms. The van der Waals surface area contributed by atoms with Crippen LogP contribution in [-0.2, 0) is 9.53 Å². The quantitative estimate of drug-likeness (QED) is 0.119. The topological polar surface area (TPSA) is 95.9 Å². The van der Waals surface area contributed by atoms with Crippen LogP contribution in [0.25, 0.3) is 33.5 Å². The number of rotatable bonds is 6. The lowest BCUT2D eigenvalue weighted by atomic mass is 10.2. The molecule has 0 aliphatic heterocycles. The van der Waals surface area contributed by atoms with Gasteiger partial charge in [0.05, 0.1) is 31.4 Å². The van der Waals surface area contributed by atoms with Gasteiger partial charge in [0, 0.05) is 10.4 Å². The fourth-order valence-electron chi connectivity index (χ4n) is 3.62. The summed E-state index contributed by atoms with van der Waals surface area (Å²) in [6, 6.07) is 17.8. The molecule has 0 aliphatic rings. The molecule has 0 unspecified atom stereocenters. The summed E-state index contributed by atoms with van der Waals surface area (Å²) < 4.78 is 19.0. The van der Waals surface area contributed by atoms with E-state index in [0.717, 1.165) is 18.1 Å². The fraction of sp³-hybridized carbons (Fsp3) is 0.0769. The molecule has 0 fully saturated rings. The Hall–Kier alpha value is -2.97. The normalized spacial score (nSPS) is 11.5. The summed E-state index contributed by atoms with van der Waals surface area (Å²) in [5, 5.41) is 6.29. The van der Waals surface area contributed by atoms with Crippen molar-refractivity contribution in [2.45, 2.75) is 0 Å². The van der Waals surface area contributed by atoms with Gasteiger partial charge in [0.15, 0.2) is 12.4 Å². The molecule has 0 N–H and O–H groups in total. The molecule has 0 saturated heterocycles. The zero-order chi connectivity index (χ0) is 26.1. The van der Waals surface area contributed by atoms with Crippen LogP contribution in [0.15, 0.2) is 75.0 Å². The number of carbonyl (C=O) groups excluding carboxylic acids is 1. The first-order chi connectivity index (χ1) is 17.8. The molecular weight excluding hydrogens is 724 g/mol. The van der Waals surface area contributed by atoms with Crippen molar-refractivity contribution < 1.29 is 18.7 Å². The minimum absolute atomic E-state index is 0.194. The zero-order valence-electron chi connectivity index (χ0n) is 19.1. The molecule has 8 nitrogen and oxygen atoms in total. The lowest BCUT2D eigenvalue weighted by Gasteiger charge is -2.10. The standard InChI is InChI=1S/C26H16ClI2N3O5/c1-35-23(33)13-36-24-18(28)8-14(9-19(24)29)12-30-32-25(31-20-5-3-2-4-17(20)26(32)34)22-11-15-10-16(27)6-7-21(15)37-22/h2-12H,13H2,1H3. The Morgan fingerprint density at radius 1 is 1.14 bits per heavy atom. The van der Waals surface area contributed by atoms with E-state index in [4.69, 9.17) is 25.7 Å². The van der Waals surface area contributed by atoms with E-state index in [1.165, 1.54) is 11.8 Å². The van der Waals surface area contributed by atoms with Crippen LogP contribution in [0.2, 0.25) is 5.02 Å². The van der Waals surface area contributed by atoms with Crippen molar-refractivity contribution in [1.82, 2.24) is 9.66 Å². The van der Waals surface area contributed by atoms with E-state index in [1.54, 1.807) is 48.7 Å². The van der Waals surface area contributed by atoms with Crippen LogP contribution in [0.3, 0.4) is 0 Å². The van der Waals surface area contributed by atoms with Gasteiger partial charge in [-0.25, -0.2) is 9.78 Å². The first kappa shape index (κ1) is 25.7. The van der Waals surface area contributed by atoms with Crippen molar-refractivity contribution in [2.75, 3.05) is 13.7 Å². The Morgan fingerprint density at radius 2 is 1.89 bits per heavy atom. The van der Waals surface area contributed by atoms with Crippen LogP contribution >= 0.6 is 56.8 Å². The number of nitrogens with zero attached hydrogens (tertiary/aromatic N) is 3. The molecule has 186 valence electrons. The molecule has 0 saturated carbocycles. The van der Waals surface area contributed by atoms with Crippen molar-refractivity contribution >= 4 is 90.8 Å². The van der Waals surface area contributed by atoms with Crippen LogP contribution in [0.4, 0.5) is 0 Å². The molecule has 37 heavy (non-hydrogen) atoms. The molecule has 0 radical (unpaired) electrons. The van der Waals surface area contributed by atoms with Gasteiger partial charge in [-0.3, -0.25) is 4.79 Å². The number of carbonyl (C=O) groups is 1. The lowest BCUT2D eigenvalue weighted by Crippen LogP contribution is -2.20. The molecule has 0 aliphatic carbocycles. The SMILES string of the molecule is COC(=O)COc1c(I)cc(C=Nn2c(-c3cc4cc(Cl)ccc4o3)nc3ccccc3c2=O)cc1I. The Balaban J connectivity index is 1.59. The Bertz CT molecular complexity index is 1740. The van der Waals surface area contributed by atoms with E-state index in [9.17, 15) is 9.59 Å². The van der Waals surface area contributed by atoms with Gasteiger partial charge in [0.2, 0.25) is 5.82 Å². The van der Waals surface area contributed by atoms with E-state index in [1.807, 2.05) is 18.2 Å². The summed E-state index contributed by atoms with van der Waals surface area (Å²) in [5.74, 6) is 0.735. The van der Waals surface area contributed by atoms with E-state index >= 15 is 0 Å². The molecule has 0 atom stereocenters. The number of para-hydroxylation sites is 1. The van der Waals surface area contributed by atoms with Gasteiger partial charge >= 0.3 is 5.97 Å². The highest BCUT2D eigenvalue weighted by Gasteiger charge is 2.17. The van der Waals surface area contributed by atoms with Crippen LogP contribution < -0.4 is 10.3 Å². The second kappa shape index (κ2) is 10.8. The number of aromatic nitrogens is 2. The maximum absolute atomic E-state index is 13.5. The summed E-state index contributed by atoms with van der Waals surface area (Å²) in [7, 11) is 1.31. The van der Waals surface area contributed by atoms with E-state index in [0.29, 0.717) is 33.0 Å². The van der Waals surface area contributed by atoms with Gasteiger partial charge in [0.1, 0.15) is 11.3 Å². The molecule has 5 rings (SSSR count). The van der Waals surface area contributed by atoms with Gasteiger partial charge < -0.3 is 13.9 Å². The average molecular weight is 740 g/mol. The second-order valence-electron chi connectivity index (χ2n) is 7.79. The smallest absolute Gasteiger partial charge is 0.343 e. The highest BCUT2D eigenvalue weighted by Crippen LogP contribution is 2.30. The number of fused-ring (bicyclic) bond motifs is 2. The summed E-state index contributed by atoms with van der Waals surface area (Å²) in [4.78, 5) is 29.6. The number of halogens is 3. The number of methoxy groups -OCH3 is 1. The zero-order valence-corrected chi connectivity index (χ0v) is 24.1. The monoisotopic (exact) mass is 739 g/mol. The van der Waals surface area contributed by atoms with Crippen LogP contribution in [-0.4, -0.2) is 35.6 Å². The third kappa shape index (κ3) is 5.36. The van der Waals surface area contributed by atoms with Crippen molar-refractivity contribution in [3.63, 3.8) is 0 Å². The van der Waals surface area contributed by atoms with Gasteiger partial charge in [-0.2, -0.15) is 9.78 Å². The number of ether oxygens (including phenoxy) is 2. The second-order valence-corrected chi connectivity index (χ2v) is 10.5. The minimum Gasteiger partial charge on any atom is -0.480 e. The molecule has 11 heteroatoms. The Morgan fingerprint density at radius 3 is 2.65 bits per heavy atom. The van der Waals surface area contributed by atoms with Crippen LogP contribution in [0.1, 0.15) is 5.56 Å². The van der Waals surface area contributed by atoms with Gasteiger partial charge in [-0.15, -0.1) is 0 Å². The maximum atomic E-state index is 13.5. The number of esters is 1. The highest BCUT2D eigenvalue weighted by molar-refractivity contribution is 14.1. The number of hydrogen-bond acceptors (Lipinski definition) is 7. The van der Waals surface area contributed by atoms with Crippen molar-refractivity contribution in [2.24, 2.45) is 5.10 Å². The molecule has 5 aromatic rings. The molecule has 0 amide bonds. The third-order valence-corrected chi connectivity index (χ3v) is 7.20. The fourth-order valence-corrected chi connectivity index (χ4v) is 5.93. The summed E-state index contributed by atoms with van der Waals surface area (Å²) >= 11 is 10.4. The molecule has 3 aromatic carbocycles. The largest absolute Gasteiger partial charge is 0.480 e. The van der Waals surface area contributed by atoms with Crippen molar-refractivity contribution in [3.05, 3.63) is 88.7 Å². The lowest BCUT2D eigenvalue weighted by molar-refractivity contribution is -0.142. The number of furan rings is 1. The maximum Gasteiger partial charge on any atom is 0.343 e. The first-order valence-electron chi connectivity index (χ1n) is 10.8. The van der Waals surface area contributed by atoms with E-state index in [2.05, 4.69) is 55.0 Å². The predicted molar refractivity (Wildman–Crippen MR) is 159 cm³/mol. The van der Waals surface area contributed by atoms with Gasteiger partial charge in [-0.1, -0.05) is 23.7 Å². The average Bonchev–Trinajstić information content (AvgIpc) is 3.30. The number of benzene rings is 3. The van der Waals surface area contributed by atoms with E-state index in [-0.39, 0.29) is 18.0 Å². The minimum atomic E-state index is -0.471. The first-order valence-corrected chi connectivity index (χ1v) is 13.3. The van der Waals surface area contributed by atoms with Gasteiger partial charge in [0.25, 0.3) is 5.56 Å². The summed E-state index contributed by atoms with van der Waals surface area (Å²) in [6.07, 6.45) is 1.56. The van der Waals surface area contributed by atoms with Crippen molar-refractivity contribution in [1.29, 1.82) is 0 Å².